The van der Waals surface area contributed by atoms with Gasteiger partial charge < -0.3 is 9.84 Å². The van der Waals surface area contributed by atoms with Crippen molar-refractivity contribution in [3.05, 3.63) is 52.8 Å². The standard InChI is InChI=1S/C13H13ClO3/c1-9(7-12(17-2)8-13(15)16)10-3-5-11(14)6-4-10/h3-8H,1-2H3,(H,15,16)/b9-7+,12-8-. The van der Waals surface area contributed by atoms with Crippen LogP contribution in [-0.4, -0.2) is 18.2 Å². The number of rotatable bonds is 4. The van der Waals surface area contributed by atoms with Gasteiger partial charge in [0.05, 0.1) is 13.2 Å². The summed E-state index contributed by atoms with van der Waals surface area (Å²) in [5.41, 5.74) is 1.86. The average molecular weight is 253 g/mol. The molecule has 0 bridgehead atoms. The zero-order chi connectivity index (χ0) is 12.8. The topological polar surface area (TPSA) is 46.5 Å². The van der Waals surface area contributed by atoms with Crippen LogP contribution in [0.25, 0.3) is 5.57 Å². The van der Waals surface area contributed by atoms with Gasteiger partial charge in [0.25, 0.3) is 0 Å². The molecule has 1 aromatic rings. The fraction of sp³-hybridized carbons (Fsp3) is 0.154. The summed E-state index contributed by atoms with van der Waals surface area (Å²) >= 11 is 5.78. The first-order valence-corrected chi connectivity index (χ1v) is 5.33. The lowest BCUT2D eigenvalue weighted by atomic mass is 10.1. The first-order valence-electron chi connectivity index (χ1n) is 4.96. The van der Waals surface area contributed by atoms with Crippen molar-refractivity contribution in [1.82, 2.24) is 0 Å². The summed E-state index contributed by atoms with van der Waals surface area (Å²) in [6, 6.07) is 7.29. The summed E-state index contributed by atoms with van der Waals surface area (Å²) in [6.45, 7) is 1.87. The van der Waals surface area contributed by atoms with Crippen LogP contribution in [0.1, 0.15) is 12.5 Å². The van der Waals surface area contributed by atoms with Gasteiger partial charge in [-0.1, -0.05) is 23.7 Å². The third-order valence-corrected chi connectivity index (χ3v) is 2.41. The maximum Gasteiger partial charge on any atom is 0.332 e. The molecular formula is C13H13ClO3. The van der Waals surface area contributed by atoms with Crippen LogP contribution < -0.4 is 0 Å². The number of carboxylic acid groups (broad SMARTS) is 1. The molecule has 0 aliphatic carbocycles. The molecule has 0 saturated heterocycles. The Labute approximate surface area is 105 Å². The van der Waals surface area contributed by atoms with Gasteiger partial charge in [-0.3, -0.25) is 0 Å². The molecule has 0 heterocycles. The van der Waals surface area contributed by atoms with Crippen LogP contribution in [0.4, 0.5) is 0 Å². The quantitative estimate of drug-likeness (QED) is 0.508. The van der Waals surface area contributed by atoms with Crippen molar-refractivity contribution in [3.8, 4) is 0 Å². The van der Waals surface area contributed by atoms with Crippen molar-refractivity contribution in [1.29, 1.82) is 0 Å². The lowest BCUT2D eigenvalue weighted by Gasteiger charge is -2.04. The normalized spacial score (nSPS) is 12.4. The zero-order valence-corrected chi connectivity index (χ0v) is 10.4. The van der Waals surface area contributed by atoms with E-state index >= 15 is 0 Å². The van der Waals surface area contributed by atoms with Gasteiger partial charge in [-0.15, -0.1) is 0 Å². The van der Waals surface area contributed by atoms with Gasteiger partial charge in [-0.25, -0.2) is 4.79 Å². The third kappa shape index (κ3) is 4.33. The molecule has 3 nitrogen and oxygen atoms in total. The van der Waals surface area contributed by atoms with Crippen molar-refractivity contribution in [3.63, 3.8) is 0 Å². The lowest BCUT2D eigenvalue weighted by molar-refractivity contribution is -0.131. The van der Waals surface area contributed by atoms with Crippen molar-refractivity contribution in [2.45, 2.75) is 6.92 Å². The van der Waals surface area contributed by atoms with Gasteiger partial charge in [0.15, 0.2) is 0 Å². The number of carbonyl (C=O) groups is 1. The molecule has 0 fully saturated rings. The van der Waals surface area contributed by atoms with Crippen molar-refractivity contribution in [2.75, 3.05) is 7.11 Å². The molecule has 0 radical (unpaired) electrons. The number of methoxy groups -OCH3 is 1. The van der Waals surface area contributed by atoms with Crippen LogP contribution in [0.15, 0.2) is 42.2 Å². The second-order valence-electron chi connectivity index (χ2n) is 3.42. The number of halogens is 1. The predicted octanol–water partition coefficient (Wildman–Crippen LogP) is 3.36. The van der Waals surface area contributed by atoms with Gasteiger partial charge in [0.2, 0.25) is 0 Å². The Balaban J connectivity index is 2.98. The SMILES string of the molecule is COC(=C\C(=O)O)/C=C(\C)c1ccc(Cl)cc1. The van der Waals surface area contributed by atoms with Crippen LogP contribution in [0.5, 0.6) is 0 Å². The van der Waals surface area contributed by atoms with Crippen LogP contribution in [0.3, 0.4) is 0 Å². The molecule has 1 rings (SSSR count). The fourth-order valence-corrected chi connectivity index (χ4v) is 1.42. The zero-order valence-electron chi connectivity index (χ0n) is 9.61. The number of hydrogen-bond acceptors (Lipinski definition) is 2. The summed E-state index contributed by atoms with van der Waals surface area (Å²) in [5, 5.41) is 9.29. The number of ether oxygens (including phenoxy) is 1. The smallest absolute Gasteiger partial charge is 0.332 e. The van der Waals surface area contributed by atoms with Gasteiger partial charge in [0, 0.05) is 5.02 Å². The minimum atomic E-state index is -1.04. The molecule has 4 heteroatoms. The molecule has 0 amide bonds. The van der Waals surface area contributed by atoms with Gasteiger partial charge in [-0.05, 0) is 36.3 Å². The summed E-state index contributed by atoms with van der Waals surface area (Å²) in [4.78, 5) is 10.5. The number of allylic oxidation sites excluding steroid dienone is 2. The average Bonchev–Trinajstić information content (AvgIpc) is 2.28. The maximum absolute atomic E-state index is 10.5. The van der Waals surface area contributed by atoms with Crippen LogP contribution in [-0.2, 0) is 9.53 Å². The molecule has 0 spiro atoms. The summed E-state index contributed by atoms with van der Waals surface area (Å²) < 4.78 is 4.95. The molecule has 0 atom stereocenters. The lowest BCUT2D eigenvalue weighted by Crippen LogP contribution is -1.93. The van der Waals surface area contributed by atoms with E-state index in [4.69, 9.17) is 21.4 Å². The van der Waals surface area contributed by atoms with E-state index in [0.29, 0.717) is 10.8 Å². The van der Waals surface area contributed by atoms with Crippen LogP contribution in [0.2, 0.25) is 5.02 Å². The highest BCUT2D eigenvalue weighted by molar-refractivity contribution is 6.30. The second-order valence-corrected chi connectivity index (χ2v) is 3.86. The number of benzene rings is 1. The second kappa shape index (κ2) is 6.11. The molecule has 17 heavy (non-hydrogen) atoms. The molecule has 0 saturated carbocycles. The Morgan fingerprint density at radius 1 is 1.29 bits per heavy atom. The predicted molar refractivity (Wildman–Crippen MR) is 67.8 cm³/mol. The van der Waals surface area contributed by atoms with Gasteiger partial charge in [-0.2, -0.15) is 0 Å². The molecule has 0 aliphatic heterocycles. The van der Waals surface area contributed by atoms with E-state index in [0.717, 1.165) is 17.2 Å². The largest absolute Gasteiger partial charge is 0.496 e. The minimum absolute atomic E-state index is 0.296. The summed E-state index contributed by atoms with van der Waals surface area (Å²) in [7, 11) is 1.43. The fourth-order valence-electron chi connectivity index (χ4n) is 1.29. The Bertz CT molecular complexity index is 458. The minimum Gasteiger partial charge on any atom is -0.496 e. The molecule has 0 aliphatic rings. The summed E-state index contributed by atoms with van der Waals surface area (Å²) in [5.74, 6) is -0.744. The first kappa shape index (κ1) is 13.3. The molecule has 1 aromatic carbocycles. The monoisotopic (exact) mass is 252 g/mol. The molecular weight excluding hydrogens is 240 g/mol. The Kier molecular flexibility index (Phi) is 4.79. The molecule has 0 aromatic heterocycles. The van der Waals surface area contributed by atoms with Crippen molar-refractivity contribution in [2.24, 2.45) is 0 Å². The Morgan fingerprint density at radius 2 is 1.88 bits per heavy atom. The summed E-state index contributed by atoms with van der Waals surface area (Å²) in [6.07, 6.45) is 2.68. The van der Waals surface area contributed by atoms with E-state index in [9.17, 15) is 4.79 Å². The Morgan fingerprint density at radius 3 is 2.35 bits per heavy atom. The molecule has 1 N–H and O–H groups in total. The van der Waals surface area contributed by atoms with Gasteiger partial charge in [0.1, 0.15) is 5.76 Å². The maximum atomic E-state index is 10.5. The van der Waals surface area contributed by atoms with E-state index in [-0.39, 0.29) is 0 Å². The highest BCUT2D eigenvalue weighted by Crippen LogP contribution is 2.18. The molecule has 0 unspecified atom stereocenters. The van der Waals surface area contributed by atoms with Crippen molar-refractivity contribution >= 4 is 23.1 Å². The molecule has 90 valence electrons. The highest BCUT2D eigenvalue weighted by Gasteiger charge is 2.00. The van der Waals surface area contributed by atoms with E-state index < -0.39 is 5.97 Å². The Hall–Kier alpha value is -1.74. The van der Waals surface area contributed by atoms with Gasteiger partial charge >= 0.3 is 5.97 Å². The number of hydrogen-bond donors (Lipinski definition) is 1. The first-order chi connectivity index (χ1) is 8.02. The number of carboxylic acids is 1. The van der Waals surface area contributed by atoms with E-state index in [2.05, 4.69) is 0 Å². The highest BCUT2D eigenvalue weighted by atomic mass is 35.5. The number of aliphatic carboxylic acids is 1. The van der Waals surface area contributed by atoms with Crippen molar-refractivity contribution < 1.29 is 14.6 Å². The van der Waals surface area contributed by atoms with E-state index in [1.54, 1.807) is 18.2 Å². The van der Waals surface area contributed by atoms with E-state index in [1.807, 2.05) is 19.1 Å². The van der Waals surface area contributed by atoms with Crippen LogP contribution in [0, 0.1) is 0 Å². The van der Waals surface area contributed by atoms with E-state index in [1.165, 1.54) is 7.11 Å². The van der Waals surface area contributed by atoms with Crippen LogP contribution >= 0.6 is 11.6 Å². The third-order valence-electron chi connectivity index (χ3n) is 2.16.